The summed E-state index contributed by atoms with van der Waals surface area (Å²) in [6.07, 6.45) is 1.49. The van der Waals surface area contributed by atoms with Crippen LogP contribution in [0.3, 0.4) is 0 Å². The lowest BCUT2D eigenvalue weighted by atomic mass is 10.4. The molecule has 0 saturated heterocycles. The summed E-state index contributed by atoms with van der Waals surface area (Å²) in [7, 11) is 0. The van der Waals surface area contributed by atoms with Crippen LogP contribution in [-0.2, 0) is 0 Å². The second kappa shape index (κ2) is 4.72. The van der Waals surface area contributed by atoms with E-state index in [9.17, 15) is 8.78 Å². The molecule has 17 heavy (non-hydrogen) atoms. The summed E-state index contributed by atoms with van der Waals surface area (Å²) < 4.78 is 31.7. The summed E-state index contributed by atoms with van der Waals surface area (Å²) in [4.78, 5) is 4.46. The Labute approximate surface area is 100 Å². The van der Waals surface area contributed by atoms with Crippen LogP contribution >= 0.6 is 11.8 Å². The molecule has 90 valence electrons. The molecule has 2 aromatic heterocycles. The first-order valence-electron chi connectivity index (χ1n) is 4.66. The first kappa shape index (κ1) is 11.9. The molecule has 3 N–H and O–H groups in total. The number of furan rings is 1. The monoisotopic (exact) mass is 257 g/mol. The highest BCUT2D eigenvalue weighted by atomic mass is 32.2. The van der Waals surface area contributed by atoms with Gasteiger partial charge in [-0.3, -0.25) is 0 Å². The SMILES string of the molecule is Cc1occc1Sc1nc(NN)c(F)cc1F. The zero-order chi connectivity index (χ0) is 12.4. The predicted octanol–water partition coefficient (Wildman–Crippen LogP) is 2.70. The Balaban J connectivity index is 2.36. The Morgan fingerprint density at radius 2 is 2.18 bits per heavy atom. The van der Waals surface area contributed by atoms with Crippen molar-refractivity contribution in [1.82, 2.24) is 4.98 Å². The molecule has 0 aliphatic carbocycles. The Kier molecular flexibility index (Phi) is 3.30. The van der Waals surface area contributed by atoms with E-state index in [-0.39, 0.29) is 10.8 Å². The van der Waals surface area contributed by atoms with Crippen LogP contribution < -0.4 is 11.3 Å². The molecule has 0 radical (unpaired) electrons. The van der Waals surface area contributed by atoms with Crippen LogP contribution in [0.15, 0.2) is 32.7 Å². The van der Waals surface area contributed by atoms with Gasteiger partial charge >= 0.3 is 0 Å². The third-order valence-electron chi connectivity index (χ3n) is 2.05. The van der Waals surface area contributed by atoms with Gasteiger partial charge in [0.1, 0.15) is 10.8 Å². The van der Waals surface area contributed by atoms with Crippen molar-refractivity contribution in [1.29, 1.82) is 0 Å². The van der Waals surface area contributed by atoms with Gasteiger partial charge in [0.25, 0.3) is 0 Å². The lowest BCUT2D eigenvalue weighted by molar-refractivity contribution is 0.526. The van der Waals surface area contributed by atoms with Crippen molar-refractivity contribution < 1.29 is 13.2 Å². The number of nitrogen functional groups attached to an aromatic ring is 1. The van der Waals surface area contributed by atoms with E-state index in [0.717, 1.165) is 17.8 Å². The van der Waals surface area contributed by atoms with E-state index in [1.54, 1.807) is 13.0 Å². The van der Waals surface area contributed by atoms with E-state index in [1.807, 2.05) is 0 Å². The van der Waals surface area contributed by atoms with E-state index in [2.05, 4.69) is 10.4 Å². The van der Waals surface area contributed by atoms with E-state index >= 15 is 0 Å². The van der Waals surface area contributed by atoms with Gasteiger partial charge in [0.2, 0.25) is 0 Å². The average molecular weight is 257 g/mol. The van der Waals surface area contributed by atoms with Gasteiger partial charge in [-0.05, 0) is 13.0 Å². The van der Waals surface area contributed by atoms with Crippen LogP contribution in [0, 0.1) is 18.6 Å². The number of hydrogen-bond acceptors (Lipinski definition) is 5. The molecule has 0 aromatic carbocycles. The van der Waals surface area contributed by atoms with Crippen molar-refractivity contribution in [2.24, 2.45) is 5.84 Å². The molecule has 0 amide bonds. The number of nitrogens with two attached hydrogens (primary N) is 1. The number of rotatable bonds is 3. The highest BCUT2D eigenvalue weighted by molar-refractivity contribution is 7.99. The smallest absolute Gasteiger partial charge is 0.177 e. The van der Waals surface area contributed by atoms with E-state index in [4.69, 9.17) is 10.3 Å². The molecule has 0 atom stereocenters. The molecule has 0 bridgehead atoms. The number of aryl methyl sites for hydroxylation is 1. The van der Waals surface area contributed by atoms with Gasteiger partial charge in [0, 0.05) is 6.07 Å². The molecule has 2 heterocycles. The van der Waals surface area contributed by atoms with Crippen molar-refractivity contribution in [3.8, 4) is 0 Å². The number of halogens is 2. The van der Waals surface area contributed by atoms with Gasteiger partial charge in [-0.25, -0.2) is 19.6 Å². The minimum absolute atomic E-state index is 0.0313. The standard InChI is InChI=1S/C10H9F2N3OS/c1-5-8(2-3-16-5)17-10-7(12)4-6(11)9(14-10)15-13/h2-4H,13H2,1H3,(H,14,15). The summed E-state index contributed by atoms with van der Waals surface area (Å²) in [5, 5.41) is 0.0313. The maximum absolute atomic E-state index is 13.5. The van der Waals surface area contributed by atoms with Gasteiger partial charge in [-0.1, -0.05) is 11.8 Å². The first-order chi connectivity index (χ1) is 8.11. The van der Waals surface area contributed by atoms with E-state index in [0.29, 0.717) is 10.7 Å². The summed E-state index contributed by atoms with van der Waals surface area (Å²) in [6, 6.07) is 2.42. The predicted molar refractivity (Wildman–Crippen MR) is 59.5 cm³/mol. The van der Waals surface area contributed by atoms with Crippen LogP contribution in [0.4, 0.5) is 14.6 Å². The van der Waals surface area contributed by atoms with Gasteiger partial charge in [0.15, 0.2) is 17.5 Å². The number of hydrogen-bond donors (Lipinski definition) is 2. The fraction of sp³-hybridized carbons (Fsp3) is 0.100. The lowest BCUT2D eigenvalue weighted by Crippen LogP contribution is -2.11. The molecule has 0 aliphatic rings. The van der Waals surface area contributed by atoms with Crippen LogP contribution in [0.2, 0.25) is 0 Å². The molecule has 2 rings (SSSR count). The topological polar surface area (TPSA) is 64.1 Å². The Bertz CT molecular complexity index is 544. The highest BCUT2D eigenvalue weighted by Gasteiger charge is 2.14. The second-order valence-electron chi connectivity index (χ2n) is 3.19. The normalized spacial score (nSPS) is 10.6. The number of hydrazine groups is 1. The average Bonchev–Trinajstić information content (AvgIpc) is 2.68. The summed E-state index contributed by atoms with van der Waals surface area (Å²) in [5.41, 5.74) is 2.07. The fourth-order valence-electron chi connectivity index (χ4n) is 1.21. The fourth-order valence-corrected chi connectivity index (χ4v) is 2.02. The molecular weight excluding hydrogens is 248 g/mol. The zero-order valence-electron chi connectivity index (χ0n) is 8.83. The molecule has 4 nitrogen and oxygen atoms in total. The Hall–Kier alpha value is -1.60. The van der Waals surface area contributed by atoms with Crippen LogP contribution in [-0.4, -0.2) is 4.98 Å². The number of nitrogens with one attached hydrogen (secondary N) is 1. The van der Waals surface area contributed by atoms with Gasteiger partial charge in [-0.2, -0.15) is 0 Å². The first-order valence-corrected chi connectivity index (χ1v) is 5.48. The molecule has 2 aromatic rings. The van der Waals surface area contributed by atoms with Crippen LogP contribution in [0.5, 0.6) is 0 Å². The minimum Gasteiger partial charge on any atom is -0.468 e. The third-order valence-corrected chi connectivity index (χ3v) is 3.17. The van der Waals surface area contributed by atoms with Crippen molar-refractivity contribution in [3.63, 3.8) is 0 Å². The Morgan fingerprint density at radius 3 is 2.76 bits per heavy atom. The largest absolute Gasteiger partial charge is 0.468 e. The molecule has 7 heteroatoms. The number of aromatic nitrogens is 1. The highest BCUT2D eigenvalue weighted by Crippen LogP contribution is 2.32. The lowest BCUT2D eigenvalue weighted by Gasteiger charge is -2.05. The van der Waals surface area contributed by atoms with Crippen molar-refractivity contribution in [2.45, 2.75) is 16.8 Å². The maximum atomic E-state index is 13.5. The van der Waals surface area contributed by atoms with Crippen LogP contribution in [0.25, 0.3) is 0 Å². The van der Waals surface area contributed by atoms with Gasteiger partial charge in [0.05, 0.1) is 11.2 Å². The molecule has 0 fully saturated rings. The Morgan fingerprint density at radius 1 is 1.41 bits per heavy atom. The van der Waals surface area contributed by atoms with Gasteiger partial charge < -0.3 is 9.84 Å². The molecule has 0 saturated carbocycles. The van der Waals surface area contributed by atoms with Gasteiger partial charge in [-0.15, -0.1) is 0 Å². The molecule has 0 unspecified atom stereocenters. The summed E-state index contributed by atoms with van der Waals surface area (Å²) >= 11 is 1.04. The van der Waals surface area contributed by atoms with Crippen LogP contribution in [0.1, 0.15) is 5.76 Å². The number of anilines is 1. The van der Waals surface area contributed by atoms with Crippen molar-refractivity contribution in [2.75, 3.05) is 5.43 Å². The number of pyridine rings is 1. The maximum Gasteiger partial charge on any atom is 0.177 e. The zero-order valence-corrected chi connectivity index (χ0v) is 9.65. The van der Waals surface area contributed by atoms with Crippen molar-refractivity contribution in [3.05, 3.63) is 35.8 Å². The summed E-state index contributed by atoms with van der Waals surface area (Å²) in [5.74, 6) is 3.93. The molecule has 0 spiro atoms. The quantitative estimate of drug-likeness (QED) is 0.653. The molecular formula is C10H9F2N3OS. The second-order valence-corrected chi connectivity index (χ2v) is 4.22. The van der Waals surface area contributed by atoms with Crippen molar-refractivity contribution >= 4 is 17.6 Å². The minimum atomic E-state index is -0.835. The third kappa shape index (κ3) is 2.40. The molecule has 0 aliphatic heterocycles. The van der Waals surface area contributed by atoms with E-state index < -0.39 is 11.6 Å². The summed E-state index contributed by atoms with van der Waals surface area (Å²) in [6.45, 7) is 1.74. The number of nitrogens with zero attached hydrogens (tertiary/aromatic N) is 1. The van der Waals surface area contributed by atoms with E-state index in [1.165, 1.54) is 6.26 Å².